The van der Waals surface area contributed by atoms with Crippen LogP contribution in [0, 0.1) is 11.3 Å². The second-order valence-corrected chi connectivity index (χ2v) is 7.43. The first-order chi connectivity index (χ1) is 13.8. The van der Waals surface area contributed by atoms with Crippen molar-refractivity contribution in [3.05, 3.63) is 48.2 Å². The highest BCUT2D eigenvalue weighted by molar-refractivity contribution is 5.58. The van der Waals surface area contributed by atoms with Gasteiger partial charge < -0.3 is 14.5 Å². The van der Waals surface area contributed by atoms with Gasteiger partial charge in [0.25, 0.3) is 0 Å². The van der Waals surface area contributed by atoms with E-state index in [1.165, 1.54) is 12.1 Å². The van der Waals surface area contributed by atoms with Crippen LogP contribution < -0.4 is 14.5 Å². The van der Waals surface area contributed by atoms with Gasteiger partial charge in [0.2, 0.25) is 0 Å². The van der Waals surface area contributed by atoms with Crippen LogP contribution in [0.1, 0.15) is 18.5 Å². The Bertz CT molecular complexity index is 841. The summed E-state index contributed by atoms with van der Waals surface area (Å²) in [7, 11) is 1.74. The van der Waals surface area contributed by atoms with Crippen molar-refractivity contribution in [2.45, 2.75) is 18.9 Å². The average molecular weight is 377 g/mol. The van der Waals surface area contributed by atoms with Gasteiger partial charge in [0, 0.05) is 45.3 Å². The van der Waals surface area contributed by atoms with Crippen LogP contribution in [0.3, 0.4) is 0 Å². The van der Waals surface area contributed by atoms with E-state index in [0.29, 0.717) is 11.7 Å². The molecule has 2 saturated heterocycles. The van der Waals surface area contributed by atoms with Crippen LogP contribution in [0.15, 0.2) is 42.5 Å². The van der Waals surface area contributed by atoms with Crippen molar-refractivity contribution in [3.63, 3.8) is 0 Å². The van der Waals surface area contributed by atoms with Crippen LogP contribution in [0.4, 0.5) is 11.5 Å². The molecule has 2 aliphatic rings. The summed E-state index contributed by atoms with van der Waals surface area (Å²) in [6.45, 7) is 6.14. The Balaban J connectivity index is 1.38. The summed E-state index contributed by atoms with van der Waals surface area (Å²) in [4.78, 5) is 11.9. The molecule has 28 heavy (non-hydrogen) atoms. The summed E-state index contributed by atoms with van der Waals surface area (Å²) in [6, 6.07) is 16.7. The van der Waals surface area contributed by atoms with Crippen LogP contribution in [0.5, 0.6) is 5.75 Å². The van der Waals surface area contributed by atoms with Gasteiger partial charge in [0.15, 0.2) is 0 Å². The first kappa shape index (κ1) is 18.6. The monoisotopic (exact) mass is 377 g/mol. The third-order valence-electron chi connectivity index (χ3n) is 5.83. The number of ether oxygens (including phenoxy) is 1. The van der Waals surface area contributed by atoms with E-state index in [4.69, 9.17) is 10.00 Å². The molecule has 2 aliphatic heterocycles. The first-order valence-corrected chi connectivity index (χ1v) is 10.0. The molecule has 4 rings (SSSR count). The van der Waals surface area contributed by atoms with E-state index >= 15 is 0 Å². The molecule has 0 saturated carbocycles. The lowest BCUT2D eigenvalue weighted by atomic mass is 10.0. The van der Waals surface area contributed by atoms with Gasteiger partial charge in [-0.15, -0.1) is 0 Å². The molecule has 0 spiro atoms. The van der Waals surface area contributed by atoms with E-state index in [2.05, 4.69) is 37.9 Å². The highest BCUT2D eigenvalue weighted by Gasteiger charge is 2.29. The molecule has 0 bridgehead atoms. The molecule has 146 valence electrons. The largest absolute Gasteiger partial charge is 0.495 e. The third kappa shape index (κ3) is 3.90. The number of pyridine rings is 1. The fourth-order valence-electron chi connectivity index (χ4n) is 4.34. The summed E-state index contributed by atoms with van der Waals surface area (Å²) >= 11 is 0. The second-order valence-electron chi connectivity index (χ2n) is 7.43. The smallest absolute Gasteiger partial charge is 0.142 e. The Morgan fingerprint density at radius 1 is 1.00 bits per heavy atom. The van der Waals surface area contributed by atoms with Crippen molar-refractivity contribution in [3.8, 4) is 11.8 Å². The Hall–Kier alpha value is -2.78. The lowest BCUT2D eigenvalue weighted by molar-refractivity contribution is 0.166. The predicted molar refractivity (Wildman–Crippen MR) is 111 cm³/mol. The van der Waals surface area contributed by atoms with Crippen LogP contribution in [0.25, 0.3) is 0 Å². The standard InChI is InChI=1S/C22H27N5O/c1-28-21-9-3-2-8-20(21)26-14-12-25(13-15-26)19-7-5-11-27(17-19)22-10-4-6-18(16-23)24-22/h2-4,6,8-10,19H,5,7,11-15,17H2,1H3/t19-/m1/s1. The van der Waals surface area contributed by atoms with E-state index in [1.54, 1.807) is 13.2 Å². The first-order valence-electron chi connectivity index (χ1n) is 10.0. The van der Waals surface area contributed by atoms with Crippen molar-refractivity contribution in [2.24, 2.45) is 0 Å². The maximum absolute atomic E-state index is 9.12. The van der Waals surface area contributed by atoms with Crippen molar-refractivity contribution in [1.29, 1.82) is 5.26 Å². The van der Waals surface area contributed by atoms with Gasteiger partial charge in [0.05, 0.1) is 12.8 Å². The quantitative estimate of drug-likeness (QED) is 0.817. The molecule has 6 heteroatoms. The zero-order valence-electron chi connectivity index (χ0n) is 16.4. The SMILES string of the molecule is COc1ccccc1N1CCN([C@@H]2CCCN(c3cccc(C#N)n3)C2)CC1. The molecule has 2 fully saturated rings. The second kappa shape index (κ2) is 8.49. The molecular formula is C22H27N5O. The maximum atomic E-state index is 9.12. The lowest BCUT2D eigenvalue weighted by Crippen LogP contribution is -2.55. The predicted octanol–water partition coefficient (Wildman–Crippen LogP) is 2.75. The van der Waals surface area contributed by atoms with Gasteiger partial charge in [-0.25, -0.2) is 4.98 Å². The number of para-hydroxylation sites is 2. The Morgan fingerprint density at radius 2 is 1.82 bits per heavy atom. The molecule has 0 N–H and O–H groups in total. The highest BCUT2D eigenvalue weighted by Crippen LogP contribution is 2.29. The molecule has 0 amide bonds. The van der Waals surface area contributed by atoms with Gasteiger partial charge in [-0.1, -0.05) is 18.2 Å². The number of benzene rings is 1. The molecule has 1 aromatic carbocycles. The van der Waals surface area contributed by atoms with Gasteiger partial charge in [-0.2, -0.15) is 5.26 Å². The number of rotatable bonds is 4. The number of methoxy groups -OCH3 is 1. The Kier molecular flexibility index (Phi) is 5.63. The zero-order valence-corrected chi connectivity index (χ0v) is 16.4. The van der Waals surface area contributed by atoms with Crippen LogP contribution in [0.2, 0.25) is 0 Å². The van der Waals surface area contributed by atoms with Gasteiger partial charge in [0.1, 0.15) is 23.3 Å². The van der Waals surface area contributed by atoms with Crippen molar-refractivity contribution in [2.75, 3.05) is 56.2 Å². The molecule has 0 aliphatic carbocycles. The van der Waals surface area contributed by atoms with E-state index in [0.717, 1.165) is 57.3 Å². The van der Waals surface area contributed by atoms with E-state index < -0.39 is 0 Å². The Labute approximate surface area is 166 Å². The lowest BCUT2D eigenvalue weighted by Gasteiger charge is -2.44. The highest BCUT2D eigenvalue weighted by atomic mass is 16.5. The number of hydrogen-bond donors (Lipinski definition) is 0. The summed E-state index contributed by atoms with van der Waals surface area (Å²) in [5.41, 5.74) is 1.68. The molecule has 2 aromatic rings. The molecular weight excluding hydrogens is 350 g/mol. The fourth-order valence-corrected chi connectivity index (χ4v) is 4.34. The van der Waals surface area contributed by atoms with Crippen LogP contribution in [-0.2, 0) is 0 Å². The molecule has 0 unspecified atom stereocenters. The number of nitrogens with zero attached hydrogens (tertiary/aromatic N) is 5. The minimum Gasteiger partial charge on any atom is -0.495 e. The number of anilines is 2. The summed E-state index contributed by atoms with van der Waals surface area (Å²) in [5, 5.41) is 9.12. The molecule has 1 atom stereocenters. The summed E-state index contributed by atoms with van der Waals surface area (Å²) < 4.78 is 5.53. The number of piperidine rings is 1. The van der Waals surface area contributed by atoms with Crippen molar-refractivity contribution in [1.82, 2.24) is 9.88 Å². The summed E-state index contributed by atoms with van der Waals surface area (Å²) in [5.74, 6) is 1.87. The van der Waals surface area contributed by atoms with Crippen LogP contribution in [-0.4, -0.2) is 62.3 Å². The normalized spacial score (nSPS) is 20.6. The van der Waals surface area contributed by atoms with Gasteiger partial charge >= 0.3 is 0 Å². The molecule has 3 heterocycles. The zero-order chi connectivity index (χ0) is 19.3. The van der Waals surface area contributed by atoms with Gasteiger partial charge in [-0.3, -0.25) is 4.90 Å². The topological polar surface area (TPSA) is 55.6 Å². The van der Waals surface area contributed by atoms with Gasteiger partial charge in [-0.05, 0) is 37.1 Å². The number of nitriles is 1. The summed E-state index contributed by atoms with van der Waals surface area (Å²) in [6.07, 6.45) is 2.39. The number of aromatic nitrogens is 1. The average Bonchev–Trinajstić information content (AvgIpc) is 2.79. The van der Waals surface area contributed by atoms with E-state index in [9.17, 15) is 0 Å². The number of hydrogen-bond acceptors (Lipinski definition) is 6. The van der Waals surface area contributed by atoms with E-state index in [1.807, 2.05) is 24.3 Å². The number of piperazine rings is 1. The fraction of sp³-hybridized carbons (Fsp3) is 0.455. The molecule has 1 aromatic heterocycles. The van der Waals surface area contributed by atoms with Crippen molar-refractivity contribution < 1.29 is 4.74 Å². The van der Waals surface area contributed by atoms with Crippen molar-refractivity contribution >= 4 is 11.5 Å². The van der Waals surface area contributed by atoms with Crippen LogP contribution >= 0.6 is 0 Å². The minimum atomic E-state index is 0.491. The maximum Gasteiger partial charge on any atom is 0.142 e. The Morgan fingerprint density at radius 3 is 2.61 bits per heavy atom. The third-order valence-corrected chi connectivity index (χ3v) is 5.83. The molecule has 6 nitrogen and oxygen atoms in total. The molecule has 0 radical (unpaired) electrons. The minimum absolute atomic E-state index is 0.491. The van der Waals surface area contributed by atoms with E-state index in [-0.39, 0.29) is 0 Å².